The van der Waals surface area contributed by atoms with Crippen LogP contribution in [0.25, 0.3) is 43.8 Å². The highest BCUT2D eigenvalue weighted by atomic mass is 16.1. The molecule has 0 spiro atoms. The fourth-order valence-corrected chi connectivity index (χ4v) is 6.90. The van der Waals surface area contributed by atoms with Gasteiger partial charge >= 0.3 is 0 Å². The fraction of sp³-hybridized carbons (Fsp3) is 0.176. The standard InChI is InChI=1S/C34H26N2O2/c1-18-7-9-22-24(15-18)33(37)26-17-27(36-13-11-35-12-14-36)31-32-29(23-10-8-19(2)16-25(23)34(31)38)21-6-4-3-5-20(21)28(22)30(26)32/h3-10,15-17,35H,11-14H2,1-2H3. The molecular formula is C34H26N2O2. The number of anilines is 1. The molecule has 1 saturated heterocycles. The van der Waals surface area contributed by atoms with Crippen LogP contribution >= 0.6 is 0 Å². The maximum atomic E-state index is 14.4. The minimum absolute atomic E-state index is 0.0440. The molecule has 1 N–H and O–H groups in total. The summed E-state index contributed by atoms with van der Waals surface area (Å²) in [6, 6.07) is 22.9. The molecule has 2 aliphatic carbocycles. The first kappa shape index (κ1) is 21.8. The minimum Gasteiger partial charge on any atom is -0.368 e. The van der Waals surface area contributed by atoms with Gasteiger partial charge in [-0.25, -0.2) is 0 Å². The number of fused-ring (bicyclic) bond motifs is 7. The molecule has 4 heteroatoms. The normalized spacial score (nSPS) is 15.7. The number of benzene rings is 5. The van der Waals surface area contributed by atoms with Crippen LogP contribution in [0.4, 0.5) is 5.69 Å². The van der Waals surface area contributed by atoms with Crippen molar-refractivity contribution in [2.75, 3.05) is 31.1 Å². The maximum Gasteiger partial charge on any atom is 0.196 e. The van der Waals surface area contributed by atoms with Gasteiger partial charge in [0.15, 0.2) is 11.6 Å². The number of nitrogens with zero attached hydrogens (tertiary/aromatic N) is 1. The van der Waals surface area contributed by atoms with Gasteiger partial charge in [-0.05, 0) is 65.1 Å². The predicted octanol–water partition coefficient (Wildman–Crippen LogP) is 6.44. The van der Waals surface area contributed by atoms with E-state index in [4.69, 9.17) is 0 Å². The third-order valence-corrected chi connectivity index (χ3v) is 8.58. The van der Waals surface area contributed by atoms with Crippen molar-refractivity contribution in [3.8, 4) is 22.3 Å². The number of ketones is 2. The summed E-state index contributed by atoms with van der Waals surface area (Å²) >= 11 is 0. The number of hydrogen-bond acceptors (Lipinski definition) is 4. The van der Waals surface area contributed by atoms with Crippen molar-refractivity contribution in [3.63, 3.8) is 0 Å². The molecular weight excluding hydrogens is 468 g/mol. The highest BCUT2D eigenvalue weighted by Gasteiger charge is 2.37. The third kappa shape index (κ3) is 2.73. The van der Waals surface area contributed by atoms with Crippen LogP contribution in [0.5, 0.6) is 0 Å². The number of aryl methyl sites for hydroxylation is 2. The summed E-state index contributed by atoms with van der Waals surface area (Å²) in [4.78, 5) is 30.9. The summed E-state index contributed by atoms with van der Waals surface area (Å²) in [5.41, 5.74) is 10.0. The van der Waals surface area contributed by atoms with Crippen LogP contribution in [0.2, 0.25) is 0 Å². The van der Waals surface area contributed by atoms with Gasteiger partial charge in [-0.3, -0.25) is 9.59 Å². The molecule has 0 amide bonds. The van der Waals surface area contributed by atoms with Gasteiger partial charge in [-0.15, -0.1) is 0 Å². The zero-order valence-corrected chi connectivity index (χ0v) is 21.4. The topological polar surface area (TPSA) is 49.4 Å². The van der Waals surface area contributed by atoms with Crippen LogP contribution in [0.3, 0.4) is 0 Å². The van der Waals surface area contributed by atoms with Gasteiger partial charge in [0.05, 0.1) is 5.56 Å². The second kappa shape index (κ2) is 7.62. The lowest BCUT2D eigenvalue weighted by Crippen LogP contribution is -2.44. The van der Waals surface area contributed by atoms with Crippen molar-refractivity contribution in [1.29, 1.82) is 0 Å². The molecule has 0 aromatic heterocycles. The second-order valence-electron chi connectivity index (χ2n) is 10.9. The first-order valence-corrected chi connectivity index (χ1v) is 13.4. The minimum atomic E-state index is 0.0440. The summed E-state index contributed by atoms with van der Waals surface area (Å²) in [7, 11) is 0. The van der Waals surface area contributed by atoms with Gasteiger partial charge in [0, 0.05) is 59.3 Å². The van der Waals surface area contributed by atoms with E-state index in [2.05, 4.69) is 58.7 Å². The molecule has 38 heavy (non-hydrogen) atoms. The van der Waals surface area contributed by atoms with E-state index >= 15 is 0 Å². The Morgan fingerprint density at radius 3 is 1.82 bits per heavy atom. The molecule has 5 aromatic carbocycles. The molecule has 5 aromatic rings. The van der Waals surface area contributed by atoms with Crippen LogP contribution in [-0.4, -0.2) is 37.7 Å². The smallest absolute Gasteiger partial charge is 0.196 e. The van der Waals surface area contributed by atoms with Crippen LogP contribution in [-0.2, 0) is 0 Å². The summed E-state index contributed by atoms with van der Waals surface area (Å²) in [6.07, 6.45) is 0. The first-order valence-electron chi connectivity index (χ1n) is 13.4. The van der Waals surface area contributed by atoms with Crippen molar-refractivity contribution < 1.29 is 9.59 Å². The number of piperazine rings is 1. The number of nitrogens with one attached hydrogen (secondary N) is 1. The SMILES string of the molecule is Cc1ccc2c(c1)C(=O)c1cc(N3CCNCC3)c3c4c(c5ccccc5c-2c14)-c1ccc(C)cc1C3=O. The Bertz CT molecular complexity index is 1910. The molecule has 1 aliphatic heterocycles. The predicted molar refractivity (Wildman–Crippen MR) is 154 cm³/mol. The summed E-state index contributed by atoms with van der Waals surface area (Å²) in [6.45, 7) is 7.36. The Balaban J connectivity index is 1.65. The largest absolute Gasteiger partial charge is 0.368 e. The summed E-state index contributed by atoms with van der Waals surface area (Å²) in [5.74, 6) is 0.0992. The number of hydrogen-bond donors (Lipinski definition) is 1. The molecule has 0 unspecified atom stereocenters. The Morgan fingerprint density at radius 2 is 1.18 bits per heavy atom. The van der Waals surface area contributed by atoms with Gasteiger partial charge in [0.2, 0.25) is 0 Å². The fourth-order valence-electron chi connectivity index (χ4n) is 6.90. The van der Waals surface area contributed by atoms with E-state index in [9.17, 15) is 9.59 Å². The van der Waals surface area contributed by atoms with Gasteiger partial charge < -0.3 is 10.2 Å². The quantitative estimate of drug-likeness (QED) is 0.267. The van der Waals surface area contributed by atoms with Gasteiger partial charge in [0.1, 0.15) is 0 Å². The molecule has 184 valence electrons. The molecule has 1 heterocycles. The first-order chi connectivity index (χ1) is 18.5. The molecule has 0 bridgehead atoms. The van der Waals surface area contributed by atoms with E-state index in [1.54, 1.807) is 0 Å². The Morgan fingerprint density at radius 1 is 0.605 bits per heavy atom. The van der Waals surface area contributed by atoms with Gasteiger partial charge in [0.25, 0.3) is 0 Å². The lowest BCUT2D eigenvalue weighted by molar-refractivity contribution is 0.102. The second-order valence-corrected chi connectivity index (χ2v) is 10.9. The number of carbonyl (C=O) groups excluding carboxylic acids is 2. The van der Waals surface area contributed by atoms with Crippen LogP contribution in [0, 0.1) is 13.8 Å². The molecule has 0 atom stereocenters. The van der Waals surface area contributed by atoms with Crippen molar-refractivity contribution in [2.45, 2.75) is 13.8 Å². The van der Waals surface area contributed by atoms with Crippen molar-refractivity contribution in [3.05, 3.63) is 100 Å². The maximum absolute atomic E-state index is 14.4. The lowest BCUT2D eigenvalue weighted by atomic mass is 9.72. The zero-order chi connectivity index (χ0) is 25.7. The Labute approximate surface area is 220 Å². The van der Waals surface area contributed by atoms with Gasteiger partial charge in [-0.1, -0.05) is 59.7 Å². The molecule has 8 rings (SSSR count). The zero-order valence-electron chi connectivity index (χ0n) is 21.4. The number of rotatable bonds is 1. The highest BCUT2D eigenvalue weighted by molar-refractivity contribution is 6.40. The van der Waals surface area contributed by atoms with Crippen molar-refractivity contribution in [2.24, 2.45) is 0 Å². The average molecular weight is 495 g/mol. The van der Waals surface area contributed by atoms with Crippen LogP contribution in [0.1, 0.15) is 43.0 Å². The van der Waals surface area contributed by atoms with Crippen LogP contribution in [0.15, 0.2) is 66.7 Å². The highest BCUT2D eigenvalue weighted by Crippen LogP contribution is 2.54. The monoisotopic (exact) mass is 494 g/mol. The molecule has 4 nitrogen and oxygen atoms in total. The van der Waals surface area contributed by atoms with E-state index in [1.165, 1.54) is 0 Å². The summed E-state index contributed by atoms with van der Waals surface area (Å²) in [5, 5.41) is 7.53. The Kier molecular flexibility index (Phi) is 4.37. The van der Waals surface area contributed by atoms with Crippen molar-refractivity contribution in [1.82, 2.24) is 5.32 Å². The van der Waals surface area contributed by atoms with E-state index in [0.717, 1.165) is 103 Å². The molecule has 0 radical (unpaired) electrons. The third-order valence-electron chi connectivity index (χ3n) is 8.58. The van der Waals surface area contributed by atoms with E-state index in [1.807, 2.05) is 32.0 Å². The van der Waals surface area contributed by atoms with Crippen LogP contribution < -0.4 is 10.2 Å². The summed E-state index contributed by atoms with van der Waals surface area (Å²) < 4.78 is 0. The van der Waals surface area contributed by atoms with E-state index in [0.29, 0.717) is 5.56 Å². The lowest BCUT2D eigenvalue weighted by Gasteiger charge is -2.35. The van der Waals surface area contributed by atoms with E-state index in [-0.39, 0.29) is 11.6 Å². The Hall–Kier alpha value is -4.28. The van der Waals surface area contributed by atoms with Gasteiger partial charge in [-0.2, -0.15) is 0 Å². The molecule has 3 aliphatic rings. The number of carbonyl (C=O) groups is 2. The molecule has 0 saturated carbocycles. The molecule has 1 fully saturated rings. The average Bonchev–Trinajstić information content (AvgIpc) is 2.94. The van der Waals surface area contributed by atoms with E-state index < -0.39 is 0 Å². The van der Waals surface area contributed by atoms with Crippen molar-refractivity contribution >= 4 is 38.8 Å².